The van der Waals surface area contributed by atoms with Crippen LogP contribution < -0.4 is 0 Å². The minimum atomic E-state index is -0.250. The SMILES string of the molecule is CC1(C)CC(n2c(Cn3cncn3)nc3cnc4ccc(Cl)cc4c32)CCO1.O=CO. The third-order valence-electron chi connectivity index (χ3n) is 5.36. The molecule has 1 unspecified atom stereocenters. The Morgan fingerprint density at radius 2 is 2.16 bits per heavy atom. The highest BCUT2D eigenvalue weighted by Crippen LogP contribution is 2.37. The van der Waals surface area contributed by atoms with Crippen LogP contribution in [0.1, 0.15) is 38.6 Å². The van der Waals surface area contributed by atoms with Crippen LogP contribution in [0.25, 0.3) is 21.9 Å². The van der Waals surface area contributed by atoms with Crippen molar-refractivity contribution < 1.29 is 14.6 Å². The van der Waals surface area contributed by atoms with Crippen molar-refractivity contribution in [1.82, 2.24) is 29.3 Å². The summed E-state index contributed by atoms with van der Waals surface area (Å²) in [5, 5.41) is 12.9. The number of carboxylic acid groups (broad SMARTS) is 1. The Kier molecular flexibility index (Phi) is 5.88. The third-order valence-corrected chi connectivity index (χ3v) is 5.59. The molecule has 0 spiro atoms. The molecule has 1 aromatic carbocycles. The lowest BCUT2D eigenvalue weighted by Gasteiger charge is -2.37. The van der Waals surface area contributed by atoms with Crippen molar-refractivity contribution in [2.75, 3.05) is 6.61 Å². The molecule has 0 saturated carbocycles. The molecular formula is C21H23ClN6O3. The number of nitrogens with zero attached hydrogens (tertiary/aromatic N) is 6. The fourth-order valence-electron chi connectivity index (χ4n) is 4.18. The summed E-state index contributed by atoms with van der Waals surface area (Å²) in [6, 6.07) is 6.09. The minimum Gasteiger partial charge on any atom is -0.483 e. The van der Waals surface area contributed by atoms with E-state index in [9.17, 15) is 0 Å². The number of rotatable bonds is 3. The van der Waals surface area contributed by atoms with Crippen LogP contribution in [0.5, 0.6) is 0 Å². The second-order valence-electron chi connectivity index (χ2n) is 8.00. The Morgan fingerprint density at radius 1 is 1.35 bits per heavy atom. The minimum absolute atomic E-state index is 0.176. The summed E-state index contributed by atoms with van der Waals surface area (Å²) in [5.74, 6) is 0.942. The van der Waals surface area contributed by atoms with Gasteiger partial charge in [-0.05, 0) is 44.9 Å². The van der Waals surface area contributed by atoms with Gasteiger partial charge in [0.15, 0.2) is 0 Å². The average molecular weight is 443 g/mol. The van der Waals surface area contributed by atoms with E-state index < -0.39 is 0 Å². The van der Waals surface area contributed by atoms with E-state index in [1.165, 1.54) is 0 Å². The summed E-state index contributed by atoms with van der Waals surface area (Å²) in [7, 11) is 0. The zero-order chi connectivity index (χ0) is 22.0. The second-order valence-corrected chi connectivity index (χ2v) is 8.44. The number of hydrogen-bond acceptors (Lipinski definition) is 6. The van der Waals surface area contributed by atoms with E-state index in [2.05, 4.69) is 33.5 Å². The van der Waals surface area contributed by atoms with Crippen molar-refractivity contribution in [3.63, 3.8) is 0 Å². The highest BCUT2D eigenvalue weighted by molar-refractivity contribution is 6.31. The molecule has 1 atom stereocenters. The Hall–Kier alpha value is -3.04. The van der Waals surface area contributed by atoms with E-state index in [0.29, 0.717) is 11.6 Å². The lowest BCUT2D eigenvalue weighted by atomic mass is 9.93. The Bertz CT molecular complexity index is 1210. The molecule has 162 valence electrons. The van der Waals surface area contributed by atoms with Gasteiger partial charge in [0, 0.05) is 23.1 Å². The number of fused-ring (bicyclic) bond motifs is 3. The Morgan fingerprint density at radius 3 is 2.87 bits per heavy atom. The Balaban J connectivity index is 0.000000730. The molecule has 1 fully saturated rings. The second kappa shape index (κ2) is 8.60. The average Bonchev–Trinajstić information content (AvgIpc) is 3.35. The molecule has 0 radical (unpaired) electrons. The fraction of sp³-hybridized carbons (Fsp3) is 0.381. The number of hydrogen-bond donors (Lipinski definition) is 1. The van der Waals surface area contributed by atoms with E-state index in [1.54, 1.807) is 17.3 Å². The molecule has 1 N–H and O–H groups in total. The maximum absolute atomic E-state index is 8.36. The molecular weight excluding hydrogens is 420 g/mol. The first-order chi connectivity index (χ1) is 14.9. The van der Waals surface area contributed by atoms with Gasteiger partial charge >= 0.3 is 0 Å². The molecule has 0 bridgehead atoms. The summed E-state index contributed by atoms with van der Waals surface area (Å²) in [4.78, 5) is 21.9. The highest BCUT2D eigenvalue weighted by atomic mass is 35.5. The number of imidazole rings is 1. The zero-order valence-electron chi connectivity index (χ0n) is 17.3. The fourth-order valence-corrected chi connectivity index (χ4v) is 4.35. The number of ether oxygens (including phenoxy) is 1. The van der Waals surface area contributed by atoms with Gasteiger partial charge in [-0.3, -0.25) is 9.78 Å². The van der Waals surface area contributed by atoms with E-state index >= 15 is 0 Å². The largest absolute Gasteiger partial charge is 0.483 e. The molecule has 3 aromatic heterocycles. The topological polar surface area (TPSA) is 108 Å². The third kappa shape index (κ3) is 4.38. The predicted molar refractivity (Wildman–Crippen MR) is 116 cm³/mol. The van der Waals surface area contributed by atoms with Gasteiger partial charge < -0.3 is 14.4 Å². The van der Waals surface area contributed by atoms with Crippen LogP contribution in [0.15, 0.2) is 37.1 Å². The smallest absolute Gasteiger partial charge is 0.290 e. The maximum atomic E-state index is 8.36. The molecule has 4 heterocycles. The van der Waals surface area contributed by atoms with Gasteiger partial charge in [-0.15, -0.1) is 0 Å². The van der Waals surface area contributed by atoms with E-state index in [-0.39, 0.29) is 18.1 Å². The van der Waals surface area contributed by atoms with Gasteiger partial charge in [-0.2, -0.15) is 5.10 Å². The number of pyridine rings is 1. The lowest BCUT2D eigenvalue weighted by Crippen LogP contribution is -2.35. The number of aromatic nitrogens is 6. The molecule has 5 rings (SSSR count). The van der Waals surface area contributed by atoms with Gasteiger partial charge in [0.25, 0.3) is 6.47 Å². The van der Waals surface area contributed by atoms with Crippen molar-refractivity contribution in [2.24, 2.45) is 0 Å². The Labute approximate surface area is 183 Å². The van der Waals surface area contributed by atoms with E-state index in [4.69, 9.17) is 31.2 Å². The molecule has 4 aromatic rings. The first-order valence-electron chi connectivity index (χ1n) is 9.91. The van der Waals surface area contributed by atoms with Crippen LogP contribution in [-0.4, -0.2) is 53.1 Å². The summed E-state index contributed by atoms with van der Waals surface area (Å²) in [6.07, 6.45) is 6.94. The molecule has 0 aliphatic carbocycles. The van der Waals surface area contributed by atoms with Crippen LogP contribution in [0.4, 0.5) is 0 Å². The molecule has 9 nitrogen and oxygen atoms in total. The molecule has 10 heteroatoms. The predicted octanol–water partition coefficient (Wildman–Crippen LogP) is 3.71. The van der Waals surface area contributed by atoms with Gasteiger partial charge in [0.05, 0.1) is 22.8 Å². The molecule has 1 aliphatic rings. The molecule has 1 saturated heterocycles. The monoisotopic (exact) mass is 442 g/mol. The van der Waals surface area contributed by atoms with Crippen molar-refractivity contribution in [2.45, 2.75) is 44.9 Å². The molecule has 1 aliphatic heterocycles. The highest BCUT2D eigenvalue weighted by Gasteiger charge is 2.32. The summed E-state index contributed by atoms with van der Waals surface area (Å²) in [6.45, 7) is 5.32. The summed E-state index contributed by atoms with van der Waals surface area (Å²) in [5.41, 5.74) is 2.68. The lowest BCUT2D eigenvalue weighted by molar-refractivity contribution is -0.122. The number of benzene rings is 1. The van der Waals surface area contributed by atoms with Crippen molar-refractivity contribution in [3.05, 3.63) is 47.9 Å². The number of halogens is 1. The summed E-state index contributed by atoms with van der Waals surface area (Å²) >= 11 is 6.32. The molecule has 31 heavy (non-hydrogen) atoms. The van der Waals surface area contributed by atoms with Crippen LogP contribution in [0.3, 0.4) is 0 Å². The van der Waals surface area contributed by atoms with E-state index in [0.717, 1.165) is 47.2 Å². The van der Waals surface area contributed by atoms with Crippen molar-refractivity contribution >= 4 is 40.0 Å². The van der Waals surface area contributed by atoms with Crippen molar-refractivity contribution in [1.29, 1.82) is 0 Å². The molecule has 0 amide bonds. The summed E-state index contributed by atoms with van der Waals surface area (Å²) < 4.78 is 10.1. The number of carbonyl (C=O) groups is 1. The standard InChI is InChI=1S/C20H21ClN6O.CH2O2/c1-20(2)8-14(5-6-28-20)27-18(10-26-12-22-11-24-26)25-17-9-23-16-4-3-13(21)7-15(16)19(17)27;2-1-3/h3-4,7,9,11-12,14H,5-6,8,10H2,1-2H3;1H,(H,2,3). The van der Waals surface area contributed by atoms with Gasteiger partial charge in [-0.1, -0.05) is 11.6 Å². The van der Waals surface area contributed by atoms with Crippen LogP contribution in [0, 0.1) is 0 Å². The van der Waals surface area contributed by atoms with Crippen molar-refractivity contribution in [3.8, 4) is 0 Å². The normalized spacial score (nSPS) is 18.0. The van der Waals surface area contributed by atoms with Gasteiger partial charge in [-0.25, -0.2) is 14.6 Å². The zero-order valence-corrected chi connectivity index (χ0v) is 18.0. The first-order valence-corrected chi connectivity index (χ1v) is 10.3. The van der Waals surface area contributed by atoms with E-state index in [1.807, 2.05) is 24.4 Å². The van der Waals surface area contributed by atoms with Crippen LogP contribution in [0.2, 0.25) is 5.02 Å². The maximum Gasteiger partial charge on any atom is 0.290 e. The van der Waals surface area contributed by atoms with Crippen LogP contribution in [-0.2, 0) is 16.1 Å². The van der Waals surface area contributed by atoms with Gasteiger partial charge in [0.1, 0.15) is 30.5 Å². The quantitative estimate of drug-likeness (QED) is 0.482. The van der Waals surface area contributed by atoms with Gasteiger partial charge in [0.2, 0.25) is 0 Å². The first kappa shape index (κ1) is 21.2. The van der Waals surface area contributed by atoms with Crippen LogP contribution >= 0.6 is 11.6 Å².